The maximum absolute atomic E-state index is 12.2. The summed E-state index contributed by atoms with van der Waals surface area (Å²) < 4.78 is 32.2. The fourth-order valence-electron chi connectivity index (χ4n) is 1.93. The number of aromatic amines is 1. The first-order chi connectivity index (χ1) is 9.44. The summed E-state index contributed by atoms with van der Waals surface area (Å²) in [6.07, 6.45) is 1.97. The van der Waals surface area contributed by atoms with Crippen LogP contribution in [-0.2, 0) is 23.1 Å². The lowest BCUT2D eigenvalue weighted by atomic mass is 10.2. The van der Waals surface area contributed by atoms with Crippen LogP contribution in [0.25, 0.3) is 0 Å². The second-order valence-corrected chi connectivity index (χ2v) is 6.23. The molecule has 0 aliphatic carbocycles. The van der Waals surface area contributed by atoms with Crippen LogP contribution in [0.3, 0.4) is 0 Å². The molecule has 2 aromatic heterocycles. The van der Waals surface area contributed by atoms with E-state index in [1.54, 1.807) is 26.0 Å². The zero-order valence-electron chi connectivity index (χ0n) is 11.3. The number of H-pyrrole nitrogens is 1. The van der Waals surface area contributed by atoms with E-state index in [4.69, 9.17) is 4.42 Å². The fourth-order valence-corrected chi connectivity index (χ4v) is 3.36. The number of nitrogens with one attached hydrogen (secondary N) is 2. The number of sulfonamides is 1. The first kappa shape index (κ1) is 14.8. The van der Waals surface area contributed by atoms with Crippen LogP contribution in [0.4, 0.5) is 0 Å². The van der Waals surface area contributed by atoms with Crippen molar-refractivity contribution in [3.63, 3.8) is 0 Å². The minimum absolute atomic E-state index is 0.163. The van der Waals surface area contributed by atoms with E-state index in [1.165, 1.54) is 6.26 Å². The Morgan fingerprint density at radius 2 is 2.30 bits per heavy atom. The van der Waals surface area contributed by atoms with Crippen LogP contribution in [0.1, 0.15) is 23.9 Å². The van der Waals surface area contributed by atoms with E-state index >= 15 is 0 Å². The Bertz CT molecular complexity index is 661. The molecule has 0 fully saturated rings. The van der Waals surface area contributed by atoms with E-state index in [-0.39, 0.29) is 23.2 Å². The molecule has 0 aromatic carbocycles. The van der Waals surface area contributed by atoms with E-state index < -0.39 is 10.0 Å². The zero-order chi connectivity index (χ0) is 14.8. The number of aryl methyl sites for hydroxylation is 1. The van der Waals surface area contributed by atoms with Crippen molar-refractivity contribution in [1.82, 2.24) is 14.9 Å². The highest BCUT2D eigenvalue weighted by Crippen LogP contribution is 2.16. The van der Waals surface area contributed by atoms with Gasteiger partial charge in [0.2, 0.25) is 0 Å². The summed E-state index contributed by atoms with van der Waals surface area (Å²) in [7, 11) is -3.78. The van der Waals surface area contributed by atoms with Gasteiger partial charge in [-0.2, -0.15) is 5.10 Å². The van der Waals surface area contributed by atoms with Gasteiger partial charge in [-0.1, -0.05) is 0 Å². The molecule has 1 unspecified atom stereocenters. The largest absolute Gasteiger partial charge is 0.469 e. The lowest BCUT2D eigenvalue weighted by Crippen LogP contribution is -2.34. The molecule has 20 heavy (non-hydrogen) atoms. The van der Waals surface area contributed by atoms with Gasteiger partial charge in [0.05, 0.1) is 12.9 Å². The quantitative estimate of drug-likeness (QED) is 0.728. The number of aliphatic hydroxyl groups is 1. The highest BCUT2D eigenvalue weighted by molar-refractivity contribution is 7.89. The van der Waals surface area contributed by atoms with Gasteiger partial charge < -0.3 is 9.52 Å². The van der Waals surface area contributed by atoms with Gasteiger partial charge in [-0.05, 0) is 26.0 Å². The highest BCUT2D eigenvalue weighted by atomic mass is 32.2. The summed E-state index contributed by atoms with van der Waals surface area (Å²) in [4.78, 5) is 0. The number of hydrogen-bond acceptors (Lipinski definition) is 5. The predicted octanol–water partition coefficient (Wildman–Crippen LogP) is 0.713. The third-order valence-electron chi connectivity index (χ3n) is 2.89. The molecule has 0 saturated heterocycles. The molecule has 0 aliphatic rings. The SMILES string of the molecule is Cc1[nH]nc(S(=O)(=O)NC(C)Cc2ccco2)c1CO. The van der Waals surface area contributed by atoms with Crippen molar-refractivity contribution in [2.45, 2.75) is 37.9 Å². The third-order valence-corrected chi connectivity index (χ3v) is 4.45. The number of nitrogens with zero attached hydrogens (tertiary/aromatic N) is 1. The van der Waals surface area contributed by atoms with Crippen molar-refractivity contribution in [2.24, 2.45) is 0 Å². The topological polar surface area (TPSA) is 108 Å². The average molecular weight is 299 g/mol. The molecule has 8 heteroatoms. The van der Waals surface area contributed by atoms with Crippen molar-refractivity contribution in [2.75, 3.05) is 0 Å². The lowest BCUT2D eigenvalue weighted by Gasteiger charge is -2.12. The first-order valence-corrected chi connectivity index (χ1v) is 7.61. The Hall–Kier alpha value is -1.64. The third kappa shape index (κ3) is 3.09. The standard InChI is InChI=1S/C12H17N3O4S/c1-8(6-10-4-3-5-19-10)15-20(17,18)12-11(7-16)9(2)13-14-12/h3-5,8,15-16H,6-7H2,1-2H3,(H,13,14). The number of hydrogen-bond donors (Lipinski definition) is 3. The van der Waals surface area contributed by atoms with Crippen molar-refractivity contribution in [3.8, 4) is 0 Å². The summed E-state index contributed by atoms with van der Waals surface area (Å²) in [5.74, 6) is 0.695. The second kappa shape index (κ2) is 5.78. The van der Waals surface area contributed by atoms with E-state index in [0.717, 1.165) is 0 Å². The molecule has 1 atom stereocenters. The summed E-state index contributed by atoms with van der Waals surface area (Å²) >= 11 is 0. The summed E-state index contributed by atoms with van der Waals surface area (Å²) in [6, 6.07) is 3.18. The molecule has 0 amide bonds. The molecule has 3 N–H and O–H groups in total. The van der Waals surface area contributed by atoms with Crippen LogP contribution in [-0.4, -0.2) is 29.8 Å². The van der Waals surface area contributed by atoms with Crippen molar-refractivity contribution in [3.05, 3.63) is 35.4 Å². The zero-order valence-corrected chi connectivity index (χ0v) is 12.1. The molecule has 2 rings (SSSR count). The highest BCUT2D eigenvalue weighted by Gasteiger charge is 2.25. The number of aromatic nitrogens is 2. The monoisotopic (exact) mass is 299 g/mol. The van der Waals surface area contributed by atoms with Gasteiger partial charge in [0.25, 0.3) is 10.0 Å². The van der Waals surface area contributed by atoms with Crippen LogP contribution in [0.5, 0.6) is 0 Å². The Kier molecular flexibility index (Phi) is 4.26. The Balaban J connectivity index is 2.14. The lowest BCUT2D eigenvalue weighted by molar-refractivity contribution is 0.277. The van der Waals surface area contributed by atoms with Crippen LogP contribution >= 0.6 is 0 Å². The van der Waals surface area contributed by atoms with Crippen molar-refractivity contribution in [1.29, 1.82) is 0 Å². The van der Waals surface area contributed by atoms with Crippen molar-refractivity contribution < 1.29 is 17.9 Å². The molecule has 0 saturated carbocycles. The van der Waals surface area contributed by atoms with E-state index in [9.17, 15) is 13.5 Å². The van der Waals surface area contributed by atoms with E-state index in [1.807, 2.05) is 0 Å². The number of rotatable bonds is 6. The average Bonchev–Trinajstić information content (AvgIpc) is 2.97. The fraction of sp³-hybridized carbons (Fsp3) is 0.417. The maximum Gasteiger partial charge on any atom is 0.260 e. The van der Waals surface area contributed by atoms with Crippen molar-refractivity contribution >= 4 is 10.0 Å². The smallest absolute Gasteiger partial charge is 0.260 e. The minimum Gasteiger partial charge on any atom is -0.469 e. The van der Waals surface area contributed by atoms with Crippen LogP contribution in [0.2, 0.25) is 0 Å². The van der Waals surface area contributed by atoms with Crippen LogP contribution in [0, 0.1) is 6.92 Å². The Morgan fingerprint density at radius 3 is 2.90 bits per heavy atom. The molecule has 0 spiro atoms. The summed E-state index contributed by atoms with van der Waals surface area (Å²) in [5.41, 5.74) is 0.814. The first-order valence-electron chi connectivity index (χ1n) is 6.13. The minimum atomic E-state index is -3.78. The van der Waals surface area contributed by atoms with E-state index in [0.29, 0.717) is 17.9 Å². The normalized spacial score (nSPS) is 13.6. The Morgan fingerprint density at radius 1 is 1.55 bits per heavy atom. The molecule has 0 radical (unpaired) electrons. The molecule has 2 heterocycles. The van der Waals surface area contributed by atoms with Crippen LogP contribution < -0.4 is 4.72 Å². The number of aliphatic hydroxyl groups excluding tert-OH is 1. The molecule has 0 aliphatic heterocycles. The molecule has 0 bridgehead atoms. The van der Waals surface area contributed by atoms with Gasteiger partial charge in [-0.25, -0.2) is 13.1 Å². The van der Waals surface area contributed by atoms with Gasteiger partial charge in [0.1, 0.15) is 5.76 Å². The molecular weight excluding hydrogens is 282 g/mol. The second-order valence-electron chi connectivity index (χ2n) is 4.60. The number of furan rings is 1. The molecular formula is C12H17N3O4S. The molecule has 7 nitrogen and oxygen atoms in total. The van der Waals surface area contributed by atoms with Gasteiger partial charge >= 0.3 is 0 Å². The summed E-state index contributed by atoms with van der Waals surface area (Å²) in [5, 5.41) is 15.4. The predicted molar refractivity (Wildman–Crippen MR) is 71.4 cm³/mol. The molecule has 110 valence electrons. The van der Waals surface area contributed by atoms with Gasteiger partial charge in [-0.15, -0.1) is 0 Å². The maximum atomic E-state index is 12.2. The van der Waals surface area contributed by atoms with Gasteiger partial charge in [-0.3, -0.25) is 5.10 Å². The van der Waals surface area contributed by atoms with Gasteiger partial charge in [0.15, 0.2) is 5.03 Å². The summed E-state index contributed by atoms with van der Waals surface area (Å²) in [6.45, 7) is 3.01. The Labute approximate surface area is 117 Å². The van der Waals surface area contributed by atoms with E-state index in [2.05, 4.69) is 14.9 Å². The van der Waals surface area contributed by atoms with Crippen LogP contribution in [0.15, 0.2) is 27.8 Å². The van der Waals surface area contributed by atoms with Gasteiger partial charge in [0, 0.05) is 23.7 Å². The molecule has 2 aromatic rings.